The molecule has 1 nitrogen and oxygen atoms in total. The van der Waals surface area contributed by atoms with Crippen LogP contribution in [-0.2, 0) is 4.74 Å². The molecule has 41 valence electrons. The third kappa shape index (κ3) is 1.48. The van der Waals surface area contributed by atoms with Crippen molar-refractivity contribution < 1.29 is 4.74 Å². The van der Waals surface area contributed by atoms with Gasteiger partial charge in [-0.2, -0.15) is 0 Å². The number of rotatable bonds is 0. The van der Waals surface area contributed by atoms with Gasteiger partial charge in [0.2, 0.25) is 0 Å². The molecule has 1 fully saturated rings. The third-order valence-corrected chi connectivity index (χ3v) is 1.33. The molecule has 1 aliphatic rings. The van der Waals surface area contributed by atoms with E-state index in [0.717, 1.165) is 19.1 Å². The van der Waals surface area contributed by atoms with Gasteiger partial charge in [-0.15, -0.1) is 0 Å². The van der Waals surface area contributed by atoms with Crippen LogP contribution in [-0.4, -0.2) is 13.2 Å². The Bertz CT molecular complexity index is 46.1. The van der Waals surface area contributed by atoms with Crippen LogP contribution >= 0.6 is 0 Å². The van der Waals surface area contributed by atoms with Gasteiger partial charge in [-0.25, -0.2) is 0 Å². The van der Waals surface area contributed by atoms with Crippen LogP contribution in [0, 0.1) is 12.3 Å². The van der Waals surface area contributed by atoms with E-state index < -0.39 is 0 Å². The molecule has 0 aromatic carbocycles. The van der Waals surface area contributed by atoms with Crippen molar-refractivity contribution in [3.63, 3.8) is 0 Å². The molecule has 1 radical (unpaired) electrons. The maximum absolute atomic E-state index is 5.08. The zero-order chi connectivity index (χ0) is 5.11. The highest BCUT2D eigenvalue weighted by molar-refractivity contribution is 4.74. The van der Waals surface area contributed by atoms with Crippen molar-refractivity contribution in [2.75, 3.05) is 13.2 Å². The van der Waals surface area contributed by atoms with Gasteiger partial charge < -0.3 is 4.74 Å². The molecule has 0 saturated carbocycles. The molecule has 0 spiro atoms. The second kappa shape index (κ2) is 2.31. The van der Waals surface area contributed by atoms with Gasteiger partial charge in [0.05, 0.1) is 0 Å². The van der Waals surface area contributed by atoms with Gasteiger partial charge in [0, 0.05) is 13.2 Å². The first-order valence-corrected chi connectivity index (χ1v) is 2.80. The van der Waals surface area contributed by atoms with Gasteiger partial charge in [-0.05, 0) is 18.8 Å². The summed E-state index contributed by atoms with van der Waals surface area (Å²) in [5.41, 5.74) is 0. The summed E-state index contributed by atoms with van der Waals surface area (Å²) in [4.78, 5) is 0. The second-order valence-corrected chi connectivity index (χ2v) is 2.08. The molecule has 0 aromatic heterocycles. The predicted molar refractivity (Wildman–Crippen MR) is 28.9 cm³/mol. The molecule has 1 aliphatic heterocycles. The Morgan fingerprint density at radius 2 is 2.57 bits per heavy atom. The number of ether oxygens (including phenoxy) is 1. The van der Waals surface area contributed by atoms with Gasteiger partial charge in [0.15, 0.2) is 0 Å². The monoisotopic (exact) mass is 99.1 g/mol. The molecule has 1 unspecified atom stereocenters. The molecule has 0 amide bonds. The standard InChI is InChI=1S/C6H11O/c1-6-2-4-7-5-3-6/h2,6H,3-5H2,1H3. The Morgan fingerprint density at radius 3 is 2.86 bits per heavy atom. The van der Waals surface area contributed by atoms with Crippen molar-refractivity contribution in [2.45, 2.75) is 13.3 Å². The topological polar surface area (TPSA) is 9.23 Å². The second-order valence-electron chi connectivity index (χ2n) is 2.08. The van der Waals surface area contributed by atoms with Crippen molar-refractivity contribution in [3.8, 4) is 0 Å². The first-order chi connectivity index (χ1) is 3.39. The van der Waals surface area contributed by atoms with Gasteiger partial charge in [0.25, 0.3) is 0 Å². The first kappa shape index (κ1) is 5.10. The SMILES string of the molecule is CC1[CH]COCC1. The van der Waals surface area contributed by atoms with Crippen molar-refractivity contribution in [1.82, 2.24) is 0 Å². The van der Waals surface area contributed by atoms with E-state index in [1.54, 1.807) is 0 Å². The Labute approximate surface area is 44.7 Å². The summed E-state index contributed by atoms with van der Waals surface area (Å²) in [5.74, 6) is 0.786. The maximum Gasteiger partial charge on any atom is 0.0500 e. The fraction of sp³-hybridized carbons (Fsp3) is 0.833. The van der Waals surface area contributed by atoms with E-state index in [9.17, 15) is 0 Å². The average molecular weight is 99.2 g/mol. The van der Waals surface area contributed by atoms with Crippen molar-refractivity contribution >= 4 is 0 Å². The predicted octanol–water partition coefficient (Wildman–Crippen LogP) is 1.25. The van der Waals surface area contributed by atoms with E-state index in [1.165, 1.54) is 6.42 Å². The van der Waals surface area contributed by atoms with E-state index in [1.807, 2.05) is 0 Å². The molecule has 1 heteroatoms. The molecule has 0 N–H and O–H groups in total. The minimum absolute atomic E-state index is 0.786. The fourth-order valence-corrected chi connectivity index (χ4v) is 0.703. The molecular formula is C6H11O. The summed E-state index contributed by atoms with van der Waals surface area (Å²) < 4.78 is 5.08. The lowest BCUT2D eigenvalue weighted by Crippen LogP contribution is -2.13. The summed E-state index contributed by atoms with van der Waals surface area (Å²) in [7, 11) is 0. The molecule has 0 aromatic rings. The Morgan fingerprint density at radius 1 is 1.71 bits per heavy atom. The molecule has 0 aliphatic carbocycles. The fourth-order valence-electron chi connectivity index (χ4n) is 0.703. The quantitative estimate of drug-likeness (QED) is 0.444. The van der Waals surface area contributed by atoms with Crippen LogP contribution in [0.1, 0.15) is 13.3 Å². The number of hydrogen-bond acceptors (Lipinski definition) is 1. The van der Waals surface area contributed by atoms with Crippen LogP contribution in [0.5, 0.6) is 0 Å². The highest BCUT2D eigenvalue weighted by Crippen LogP contribution is 2.10. The lowest BCUT2D eigenvalue weighted by molar-refractivity contribution is 0.107. The zero-order valence-electron chi connectivity index (χ0n) is 4.68. The Hall–Kier alpha value is -0.0400. The smallest absolute Gasteiger partial charge is 0.0500 e. The molecule has 7 heavy (non-hydrogen) atoms. The van der Waals surface area contributed by atoms with Crippen LogP contribution in [0.3, 0.4) is 0 Å². The Balaban J connectivity index is 2.12. The largest absolute Gasteiger partial charge is 0.381 e. The molecule has 1 atom stereocenters. The molecule has 1 rings (SSSR count). The van der Waals surface area contributed by atoms with Crippen LogP contribution < -0.4 is 0 Å². The van der Waals surface area contributed by atoms with Gasteiger partial charge in [-0.1, -0.05) is 6.92 Å². The van der Waals surface area contributed by atoms with E-state index in [2.05, 4.69) is 13.3 Å². The van der Waals surface area contributed by atoms with Crippen LogP contribution in [0.2, 0.25) is 0 Å². The van der Waals surface area contributed by atoms with Gasteiger partial charge in [0.1, 0.15) is 0 Å². The molecule has 1 heterocycles. The third-order valence-electron chi connectivity index (χ3n) is 1.33. The van der Waals surface area contributed by atoms with Gasteiger partial charge in [-0.3, -0.25) is 0 Å². The highest BCUT2D eigenvalue weighted by Gasteiger charge is 2.06. The highest BCUT2D eigenvalue weighted by atomic mass is 16.5. The van der Waals surface area contributed by atoms with E-state index in [4.69, 9.17) is 4.74 Å². The minimum atomic E-state index is 0.786. The lowest BCUT2D eigenvalue weighted by Gasteiger charge is -2.16. The van der Waals surface area contributed by atoms with E-state index >= 15 is 0 Å². The summed E-state index contributed by atoms with van der Waals surface area (Å²) in [6, 6.07) is 0. The summed E-state index contributed by atoms with van der Waals surface area (Å²) in [6.45, 7) is 4.04. The molecule has 1 saturated heterocycles. The van der Waals surface area contributed by atoms with E-state index in [-0.39, 0.29) is 0 Å². The van der Waals surface area contributed by atoms with Gasteiger partial charge >= 0.3 is 0 Å². The normalized spacial score (nSPS) is 25.3. The molecule has 0 bridgehead atoms. The summed E-state index contributed by atoms with van der Waals surface area (Å²) in [6.07, 6.45) is 3.42. The average Bonchev–Trinajstić information content (AvgIpc) is 1.69. The summed E-state index contributed by atoms with van der Waals surface area (Å²) in [5, 5.41) is 0. The minimum Gasteiger partial charge on any atom is -0.381 e. The molecular weight excluding hydrogens is 88.1 g/mol. The van der Waals surface area contributed by atoms with Crippen molar-refractivity contribution in [2.24, 2.45) is 5.92 Å². The maximum atomic E-state index is 5.08. The van der Waals surface area contributed by atoms with Crippen molar-refractivity contribution in [3.05, 3.63) is 6.42 Å². The van der Waals surface area contributed by atoms with E-state index in [0.29, 0.717) is 0 Å². The van der Waals surface area contributed by atoms with Crippen LogP contribution in [0.25, 0.3) is 0 Å². The van der Waals surface area contributed by atoms with Crippen LogP contribution in [0.4, 0.5) is 0 Å². The lowest BCUT2D eigenvalue weighted by atomic mass is 10.0. The number of hydrogen-bond donors (Lipinski definition) is 0. The Kier molecular flexibility index (Phi) is 1.69. The van der Waals surface area contributed by atoms with Crippen LogP contribution in [0.15, 0.2) is 0 Å². The first-order valence-electron chi connectivity index (χ1n) is 2.80. The zero-order valence-corrected chi connectivity index (χ0v) is 4.68. The van der Waals surface area contributed by atoms with Crippen molar-refractivity contribution in [1.29, 1.82) is 0 Å². The summed E-state index contributed by atoms with van der Waals surface area (Å²) >= 11 is 0.